The smallest absolute Gasteiger partial charge is 0.184 e. The molecule has 0 radical (unpaired) electrons. The van der Waals surface area contributed by atoms with Gasteiger partial charge in [-0.15, -0.1) is 0 Å². The molecule has 1 aromatic rings. The fourth-order valence-corrected chi connectivity index (χ4v) is 2.60. The predicted molar refractivity (Wildman–Crippen MR) is 69.7 cm³/mol. The van der Waals surface area contributed by atoms with E-state index in [1.54, 1.807) is 0 Å². The van der Waals surface area contributed by atoms with Crippen LogP contribution in [0.5, 0.6) is 0 Å². The lowest BCUT2D eigenvalue weighted by Crippen LogP contribution is -2.64. The van der Waals surface area contributed by atoms with Crippen LogP contribution in [0.2, 0.25) is 0 Å². The van der Waals surface area contributed by atoms with Gasteiger partial charge in [0.2, 0.25) is 0 Å². The first-order valence-electron chi connectivity index (χ1n) is 6.64. The molecule has 2 heterocycles. The van der Waals surface area contributed by atoms with Crippen molar-refractivity contribution in [3.63, 3.8) is 0 Å². The minimum Gasteiger partial charge on any atom is -0.388 e. The topological polar surface area (TPSA) is 83.2 Å². The van der Waals surface area contributed by atoms with Crippen LogP contribution in [0.15, 0.2) is 30.3 Å². The highest BCUT2D eigenvalue weighted by Gasteiger charge is 2.48. The van der Waals surface area contributed by atoms with Crippen molar-refractivity contribution in [1.82, 2.24) is 0 Å². The minimum atomic E-state index is -0.853. The normalized spacial score (nSPS) is 41.1. The largest absolute Gasteiger partial charge is 0.388 e. The van der Waals surface area contributed by atoms with Gasteiger partial charge in [0.15, 0.2) is 12.6 Å². The van der Waals surface area contributed by atoms with Crippen LogP contribution >= 0.6 is 0 Å². The monoisotopic (exact) mass is 281 g/mol. The molecule has 2 fully saturated rings. The Bertz CT molecular complexity index is 440. The third-order valence-electron chi connectivity index (χ3n) is 3.72. The molecule has 0 bridgehead atoms. The zero-order chi connectivity index (χ0) is 14.1. The standard InChI is InChI=1S/C14H19NO5/c1-17-14-10(15)11(16)12-9(19-14)7-18-13(20-12)8-5-3-2-4-6-8/h2-6,9-14,16H,7,15H2,1H3/t9-,10+,11-,12-,13?,14+/m1/s1. The van der Waals surface area contributed by atoms with Gasteiger partial charge < -0.3 is 29.8 Å². The van der Waals surface area contributed by atoms with E-state index in [1.165, 1.54) is 7.11 Å². The molecule has 0 saturated carbocycles. The van der Waals surface area contributed by atoms with Gasteiger partial charge in [-0.1, -0.05) is 30.3 Å². The summed E-state index contributed by atoms with van der Waals surface area (Å²) in [6.07, 6.45) is -2.91. The lowest BCUT2D eigenvalue weighted by atomic mass is 9.96. The second-order valence-electron chi connectivity index (χ2n) is 5.02. The molecule has 0 aromatic heterocycles. The molecule has 1 unspecified atom stereocenters. The molecule has 3 N–H and O–H groups in total. The third-order valence-corrected chi connectivity index (χ3v) is 3.72. The lowest BCUT2D eigenvalue weighted by molar-refractivity contribution is -0.339. The molecule has 2 aliphatic rings. The second-order valence-corrected chi connectivity index (χ2v) is 5.02. The van der Waals surface area contributed by atoms with Gasteiger partial charge in [0.05, 0.1) is 12.6 Å². The molecule has 1 aromatic carbocycles. The van der Waals surface area contributed by atoms with Crippen LogP contribution in [0.3, 0.4) is 0 Å². The van der Waals surface area contributed by atoms with Crippen LogP contribution < -0.4 is 5.73 Å². The van der Waals surface area contributed by atoms with Crippen molar-refractivity contribution < 1.29 is 24.1 Å². The summed E-state index contributed by atoms with van der Waals surface area (Å²) in [6, 6.07) is 8.93. The van der Waals surface area contributed by atoms with Crippen LogP contribution in [0.4, 0.5) is 0 Å². The van der Waals surface area contributed by atoms with Crippen molar-refractivity contribution in [3.8, 4) is 0 Å². The fourth-order valence-electron chi connectivity index (χ4n) is 2.60. The van der Waals surface area contributed by atoms with E-state index >= 15 is 0 Å². The summed E-state index contributed by atoms with van der Waals surface area (Å²) >= 11 is 0. The third kappa shape index (κ3) is 2.46. The Hall–Kier alpha value is -1.02. The van der Waals surface area contributed by atoms with Crippen LogP contribution in [-0.4, -0.2) is 49.5 Å². The van der Waals surface area contributed by atoms with Crippen LogP contribution in [0.25, 0.3) is 0 Å². The van der Waals surface area contributed by atoms with Gasteiger partial charge in [-0.3, -0.25) is 0 Å². The Labute approximate surface area is 117 Å². The SMILES string of the molecule is CO[C@H]1O[C@@H]2COC(c3ccccc3)O[C@H]2[C@H](O)[C@@H]1N. The summed E-state index contributed by atoms with van der Waals surface area (Å²) in [4.78, 5) is 0. The zero-order valence-corrected chi connectivity index (χ0v) is 11.2. The van der Waals surface area contributed by atoms with Crippen LogP contribution in [0.1, 0.15) is 11.9 Å². The van der Waals surface area contributed by atoms with Crippen molar-refractivity contribution in [2.45, 2.75) is 36.9 Å². The summed E-state index contributed by atoms with van der Waals surface area (Å²) < 4.78 is 22.2. The van der Waals surface area contributed by atoms with E-state index in [0.29, 0.717) is 6.61 Å². The van der Waals surface area contributed by atoms with E-state index in [-0.39, 0.29) is 6.10 Å². The minimum absolute atomic E-state index is 0.327. The molecule has 6 atom stereocenters. The number of aliphatic hydroxyl groups excluding tert-OH is 1. The molecule has 3 rings (SSSR count). The first-order chi connectivity index (χ1) is 9.70. The van der Waals surface area contributed by atoms with Crippen molar-refractivity contribution in [1.29, 1.82) is 0 Å². The van der Waals surface area contributed by atoms with E-state index in [0.717, 1.165) is 5.56 Å². The van der Waals surface area contributed by atoms with Crippen LogP contribution in [0, 0.1) is 0 Å². The number of nitrogens with two attached hydrogens (primary N) is 1. The maximum Gasteiger partial charge on any atom is 0.184 e. The summed E-state index contributed by atoms with van der Waals surface area (Å²) in [7, 11) is 1.49. The summed E-state index contributed by atoms with van der Waals surface area (Å²) in [6.45, 7) is 0.327. The number of hydrogen-bond acceptors (Lipinski definition) is 6. The van der Waals surface area contributed by atoms with Gasteiger partial charge in [-0.25, -0.2) is 0 Å². The summed E-state index contributed by atoms with van der Waals surface area (Å²) in [5.74, 6) is 0. The maximum atomic E-state index is 10.3. The van der Waals surface area contributed by atoms with E-state index < -0.39 is 30.8 Å². The number of methoxy groups -OCH3 is 1. The van der Waals surface area contributed by atoms with Gasteiger partial charge in [0, 0.05) is 12.7 Å². The molecular formula is C14H19NO5. The molecule has 0 amide bonds. The Balaban J connectivity index is 1.74. The van der Waals surface area contributed by atoms with Crippen molar-refractivity contribution in [2.24, 2.45) is 5.73 Å². The zero-order valence-electron chi connectivity index (χ0n) is 11.2. The van der Waals surface area contributed by atoms with Gasteiger partial charge in [-0.05, 0) is 0 Å². The highest BCUT2D eigenvalue weighted by Crippen LogP contribution is 2.33. The molecule has 0 spiro atoms. The second kappa shape index (κ2) is 5.77. The predicted octanol–water partition coefficient (Wildman–Crippen LogP) is 0.160. The Kier molecular flexibility index (Phi) is 4.02. The number of aliphatic hydroxyl groups is 1. The highest BCUT2D eigenvalue weighted by atomic mass is 16.7. The summed E-state index contributed by atoms with van der Waals surface area (Å²) in [5.41, 5.74) is 6.81. The van der Waals surface area contributed by atoms with Crippen LogP contribution in [-0.2, 0) is 18.9 Å². The average molecular weight is 281 g/mol. The number of ether oxygens (including phenoxy) is 4. The quantitative estimate of drug-likeness (QED) is 0.803. The van der Waals surface area contributed by atoms with Gasteiger partial charge in [0.1, 0.15) is 18.3 Å². The molecule has 20 heavy (non-hydrogen) atoms. The van der Waals surface area contributed by atoms with Crippen molar-refractivity contribution >= 4 is 0 Å². The Morgan fingerprint density at radius 2 is 2.00 bits per heavy atom. The molecule has 110 valence electrons. The average Bonchev–Trinajstić information content (AvgIpc) is 2.51. The molecule has 6 nitrogen and oxygen atoms in total. The number of benzene rings is 1. The van der Waals surface area contributed by atoms with Gasteiger partial charge in [-0.2, -0.15) is 0 Å². The Morgan fingerprint density at radius 3 is 2.70 bits per heavy atom. The van der Waals surface area contributed by atoms with E-state index in [2.05, 4.69) is 0 Å². The van der Waals surface area contributed by atoms with Gasteiger partial charge >= 0.3 is 0 Å². The first-order valence-corrected chi connectivity index (χ1v) is 6.64. The summed E-state index contributed by atoms with van der Waals surface area (Å²) in [5, 5.41) is 10.3. The van der Waals surface area contributed by atoms with E-state index in [9.17, 15) is 5.11 Å². The van der Waals surface area contributed by atoms with E-state index in [4.69, 9.17) is 24.7 Å². The number of fused-ring (bicyclic) bond motifs is 1. The fraction of sp³-hybridized carbons (Fsp3) is 0.571. The Morgan fingerprint density at radius 1 is 1.25 bits per heavy atom. The lowest BCUT2D eigenvalue weighted by Gasteiger charge is -2.46. The maximum absolute atomic E-state index is 10.3. The number of rotatable bonds is 2. The van der Waals surface area contributed by atoms with Crippen molar-refractivity contribution in [2.75, 3.05) is 13.7 Å². The van der Waals surface area contributed by atoms with Crippen molar-refractivity contribution in [3.05, 3.63) is 35.9 Å². The first kappa shape index (κ1) is 13.9. The highest BCUT2D eigenvalue weighted by molar-refractivity contribution is 5.16. The molecule has 6 heteroatoms. The molecule has 2 aliphatic heterocycles. The molecular weight excluding hydrogens is 262 g/mol. The van der Waals surface area contributed by atoms with E-state index in [1.807, 2.05) is 30.3 Å². The number of hydrogen-bond donors (Lipinski definition) is 2. The van der Waals surface area contributed by atoms with Gasteiger partial charge in [0.25, 0.3) is 0 Å². The molecule has 2 saturated heterocycles. The molecule has 0 aliphatic carbocycles.